The fourth-order valence-electron chi connectivity index (χ4n) is 10.7. The van der Waals surface area contributed by atoms with Crippen molar-refractivity contribution in [3.05, 3.63) is 36.5 Å². The first kappa shape index (κ1) is 74.1. The van der Waals surface area contributed by atoms with Gasteiger partial charge in [0.2, 0.25) is 5.91 Å². The van der Waals surface area contributed by atoms with Crippen molar-refractivity contribution in [2.24, 2.45) is 0 Å². The van der Waals surface area contributed by atoms with Crippen molar-refractivity contribution >= 4 is 11.9 Å². The Labute approximate surface area is 474 Å². The molecule has 0 bridgehead atoms. The molecule has 0 aliphatic heterocycles. The molecule has 0 aromatic rings. The van der Waals surface area contributed by atoms with Crippen molar-refractivity contribution in [2.75, 3.05) is 13.2 Å². The predicted molar refractivity (Wildman–Crippen MR) is 333 cm³/mol. The Kier molecular flexibility index (Phi) is 63.9. The number of ether oxygens (including phenoxy) is 1. The fraction of sp³-hybridized carbons (Fsp3) is 0.886. The number of unbranched alkanes of at least 4 members (excludes halogenated alkanes) is 49. The largest absolute Gasteiger partial charge is 0.466 e. The van der Waals surface area contributed by atoms with Crippen LogP contribution in [0.2, 0.25) is 0 Å². The summed E-state index contributed by atoms with van der Waals surface area (Å²) in [5.74, 6) is -0.0645. The van der Waals surface area contributed by atoms with Gasteiger partial charge < -0.3 is 20.3 Å². The molecular weight excluding hydrogens is 935 g/mol. The molecule has 1 amide bonds. The fourth-order valence-corrected chi connectivity index (χ4v) is 10.7. The lowest BCUT2D eigenvalue weighted by atomic mass is 10.0. The van der Waals surface area contributed by atoms with E-state index in [1.165, 1.54) is 289 Å². The van der Waals surface area contributed by atoms with Crippen LogP contribution < -0.4 is 5.32 Å². The molecule has 0 aromatic heterocycles. The number of carbonyl (C=O) groups excluding carboxylic acids is 2. The topological polar surface area (TPSA) is 95.9 Å². The van der Waals surface area contributed by atoms with Crippen LogP contribution in [0, 0.1) is 0 Å². The summed E-state index contributed by atoms with van der Waals surface area (Å²) in [4.78, 5) is 24.6. The van der Waals surface area contributed by atoms with E-state index in [2.05, 4.69) is 43.5 Å². The maximum atomic E-state index is 12.5. The van der Waals surface area contributed by atoms with Gasteiger partial charge in [-0.3, -0.25) is 9.59 Å². The van der Waals surface area contributed by atoms with Crippen molar-refractivity contribution in [2.45, 2.75) is 386 Å². The zero-order chi connectivity index (χ0) is 55.0. The van der Waals surface area contributed by atoms with Gasteiger partial charge in [-0.1, -0.05) is 333 Å². The lowest BCUT2D eigenvalue weighted by Gasteiger charge is -2.20. The highest BCUT2D eigenvalue weighted by Crippen LogP contribution is 2.18. The van der Waals surface area contributed by atoms with Crippen LogP contribution >= 0.6 is 0 Å². The van der Waals surface area contributed by atoms with Crippen molar-refractivity contribution < 1.29 is 24.5 Å². The number of esters is 1. The average molecular weight is 1070 g/mol. The quantitative estimate of drug-likeness (QED) is 0.0320. The number of aliphatic hydroxyl groups is 2. The molecule has 0 aromatic carbocycles. The molecule has 0 rings (SSSR count). The summed E-state index contributed by atoms with van der Waals surface area (Å²) in [6, 6.07) is -0.636. The molecule has 3 N–H and O–H groups in total. The first-order valence-electron chi connectivity index (χ1n) is 34.3. The minimum atomic E-state index is -0.852. The van der Waals surface area contributed by atoms with E-state index in [0.717, 1.165) is 57.8 Å². The van der Waals surface area contributed by atoms with Crippen LogP contribution in [0.1, 0.15) is 373 Å². The van der Waals surface area contributed by atoms with Crippen LogP contribution in [-0.4, -0.2) is 47.4 Å². The third-order valence-electron chi connectivity index (χ3n) is 15.9. The lowest BCUT2D eigenvalue weighted by molar-refractivity contribution is -0.143. The molecule has 0 heterocycles. The predicted octanol–water partition coefficient (Wildman–Crippen LogP) is 21.9. The van der Waals surface area contributed by atoms with Gasteiger partial charge in [0.05, 0.1) is 25.4 Å². The zero-order valence-corrected chi connectivity index (χ0v) is 51.3. The molecule has 6 nitrogen and oxygen atoms in total. The average Bonchev–Trinajstić information content (AvgIpc) is 3.42. The van der Waals surface area contributed by atoms with Gasteiger partial charge in [0.25, 0.3) is 0 Å². The Morgan fingerprint density at radius 2 is 0.658 bits per heavy atom. The second-order valence-corrected chi connectivity index (χ2v) is 23.5. The van der Waals surface area contributed by atoms with E-state index < -0.39 is 12.1 Å². The third-order valence-corrected chi connectivity index (χ3v) is 15.9. The first-order chi connectivity index (χ1) is 37.5. The van der Waals surface area contributed by atoms with Crippen LogP contribution in [0.15, 0.2) is 36.5 Å². The second kappa shape index (κ2) is 65.6. The van der Waals surface area contributed by atoms with E-state index in [-0.39, 0.29) is 18.5 Å². The highest BCUT2D eigenvalue weighted by molar-refractivity contribution is 5.76. The molecule has 448 valence electrons. The van der Waals surface area contributed by atoms with E-state index >= 15 is 0 Å². The van der Waals surface area contributed by atoms with E-state index in [1.54, 1.807) is 6.08 Å². The molecule has 0 spiro atoms. The van der Waals surface area contributed by atoms with Crippen molar-refractivity contribution in [3.63, 3.8) is 0 Å². The number of carbonyl (C=O) groups is 2. The monoisotopic (exact) mass is 1070 g/mol. The minimum absolute atomic E-state index is 0.0117. The number of allylic oxidation sites excluding steroid dienone is 5. The summed E-state index contributed by atoms with van der Waals surface area (Å²) < 4.78 is 5.50. The summed E-state index contributed by atoms with van der Waals surface area (Å²) in [6.07, 6.45) is 83.5. The Morgan fingerprint density at radius 3 is 1.00 bits per heavy atom. The first-order valence-corrected chi connectivity index (χ1v) is 34.3. The van der Waals surface area contributed by atoms with Crippen LogP contribution in [0.4, 0.5) is 0 Å². The molecule has 0 fully saturated rings. The Morgan fingerprint density at radius 1 is 0.368 bits per heavy atom. The number of hydrogen-bond donors (Lipinski definition) is 3. The van der Waals surface area contributed by atoms with Gasteiger partial charge in [-0.15, -0.1) is 0 Å². The van der Waals surface area contributed by atoms with Gasteiger partial charge in [0.15, 0.2) is 0 Å². The van der Waals surface area contributed by atoms with Crippen LogP contribution in [0.25, 0.3) is 0 Å². The maximum absolute atomic E-state index is 12.5. The minimum Gasteiger partial charge on any atom is -0.466 e. The number of hydrogen-bond acceptors (Lipinski definition) is 5. The molecule has 2 unspecified atom stereocenters. The smallest absolute Gasteiger partial charge is 0.305 e. The second-order valence-electron chi connectivity index (χ2n) is 23.5. The molecular formula is C70H133NO5. The molecule has 0 radical (unpaired) electrons. The number of nitrogens with one attached hydrogen (secondary N) is 1. The summed E-state index contributed by atoms with van der Waals surface area (Å²) in [6.45, 7) is 4.93. The molecule has 0 saturated carbocycles. The van der Waals surface area contributed by atoms with Gasteiger partial charge in [0.1, 0.15) is 0 Å². The van der Waals surface area contributed by atoms with Crippen molar-refractivity contribution in [1.29, 1.82) is 0 Å². The Balaban J connectivity index is 3.44. The molecule has 76 heavy (non-hydrogen) atoms. The van der Waals surface area contributed by atoms with Gasteiger partial charge in [0, 0.05) is 12.8 Å². The molecule has 0 aliphatic carbocycles. The molecule has 0 aliphatic rings. The summed E-state index contributed by atoms with van der Waals surface area (Å²) in [5, 5.41) is 23.2. The van der Waals surface area contributed by atoms with Crippen LogP contribution in [-0.2, 0) is 14.3 Å². The van der Waals surface area contributed by atoms with E-state index in [4.69, 9.17) is 4.74 Å². The molecule has 6 heteroatoms. The van der Waals surface area contributed by atoms with Crippen LogP contribution in [0.5, 0.6) is 0 Å². The van der Waals surface area contributed by atoms with Crippen molar-refractivity contribution in [1.82, 2.24) is 5.32 Å². The summed E-state index contributed by atoms with van der Waals surface area (Å²) in [5.41, 5.74) is 0. The molecule has 0 saturated heterocycles. The zero-order valence-electron chi connectivity index (χ0n) is 51.3. The van der Waals surface area contributed by atoms with Gasteiger partial charge in [-0.25, -0.2) is 0 Å². The number of amides is 1. The standard InChI is InChI=1S/C70H133NO5/c1-3-5-7-9-11-13-15-17-19-21-27-32-36-40-44-48-52-56-60-64-70(75)76-65-61-57-53-49-45-41-37-33-29-26-24-22-23-25-28-31-35-39-43-47-51-55-59-63-69(74)71-67(66-72)68(73)62-58-54-50-46-42-38-34-30-20-18-16-14-12-10-8-6-4-2/h22,24-25,28,58,62,67-68,72-73H,3-21,23,26-27,29-57,59-61,63-66H2,1-2H3,(H,71,74)/b24-22-,28-25-,62-58+. The SMILES string of the molecule is CCCCCCCCCCCCCCCCC/C=C/C(O)C(CO)NC(=O)CCCCCCCCC/C=C\C/C=C\CCCCCCCCCCCOC(=O)CCCCCCCCCCCCCCCCCCCCC. The highest BCUT2D eigenvalue weighted by Gasteiger charge is 2.18. The van der Waals surface area contributed by atoms with Crippen molar-refractivity contribution in [3.8, 4) is 0 Å². The van der Waals surface area contributed by atoms with E-state index in [9.17, 15) is 19.8 Å². The summed E-state index contributed by atoms with van der Waals surface area (Å²) in [7, 11) is 0. The highest BCUT2D eigenvalue weighted by atomic mass is 16.5. The normalized spacial score (nSPS) is 12.7. The number of rotatable bonds is 64. The Hall–Kier alpha value is -1.92. The Bertz CT molecular complexity index is 1230. The summed E-state index contributed by atoms with van der Waals surface area (Å²) >= 11 is 0. The van der Waals surface area contributed by atoms with E-state index in [0.29, 0.717) is 19.4 Å². The van der Waals surface area contributed by atoms with E-state index in [1.807, 2.05) is 6.08 Å². The third kappa shape index (κ3) is 61.3. The van der Waals surface area contributed by atoms with Gasteiger partial charge in [-0.05, 0) is 64.2 Å². The van der Waals surface area contributed by atoms with Gasteiger partial charge in [-0.2, -0.15) is 0 Å². The maximum Gasteiger partial charge on any atom is 0.305 e. The number of aliphatic hydroxyl groups excluding tert-OH is 2. The lowest BCUT2D eigenvalue weighted by Crippen LogP contribution is -2.45. The molecule has 2 atom stereocenters. The van der Waals surface area contributed by atoms with Gasteiger partial charge >= 0.3 is 5.97 Å². The van der Waals surface area contributed by atoms with Crippen LogP contribution in [0.3, 0.4) is 0 Å².